The molecule has 0 aliphatic heterocycles. The molecule has 0 saturated carbocycles. The highest BCUT2D eigenvalue weighted by Crippen LogP contribution is 2.20. The second-order valence-corrected chi connectivity index (χ2v) is 5.60. The number of carbonyl (C=O) groups is 1. The molecule has 1 amide bonds. The smallest absolute Gasteiger partial charge is 0.251 e. The molecule has 2 aromatic rings. The molecule has 0 atom stereocenters. The van der Waals surface area contributed by atoms with Crippen LogP contribution in [0.4, 0.5) is 5.69 Å². The van der Waals surface area contributed by atoms with E-state index in [9.17, 15) is 4.79 Å². The molecule has 0 aliphatic rings. The van der Waals surface area contributed by atoms with Gasteiger partial charge in [-0.1, -0.05) is 0 Å². The highest BCUT2D eigenvalue weighted by molar-refractivity contribution is 9.10. The average molecular weight is 325 g/mol. The van der Waals surface area contributed by atoms with Crippen LogP contribution < -0.4 is 11.1 Å². The zero-order valence-corrected chi connectivity index (χ0v) is 12.3. The minimum atomic E-state index is -0.0960. The topological polar surface area (TPSA) is 55.1 Å². The van der Waals surface area contributed by atoms with Gasteiger partial charge in [-0.25, -0.2) is 0 Å². The molecule has 0 unspecified atom stereocenters. The predicted molar refractivity (Wildman–Crippen MR) is 78.8 cm³/mol. The van der Waals surface area contributed by atoms with Gasteiger partial charge >= 0.3 is 0 Å². The zero-order chi connectivity index (χ0) is 13.1. The molecular formula is C13H13BrN2OS. The van der Waals surface area contributed by atoms with Crippen molar-refractivity contribution in [2.75, 3.05) is 5.73 Å². The van der Waals surface area contributed by atoms with E-state index < -0.39 is 0 Å². The van der Waals surface area contributed by atoms with E-state index in [2.05, 4.69) is 32.0 Å². The van der Waals surface area contributed by atoms with Gasteiger partial charge < -0.3 is 11.1 Å². The van der Waals surface area contributed by atoms with Gasteiger partial charge in [0.25, 0.3) is 5.91 Å². The van der Waals surface area contributed by atoms with Crippen LogP contribution in [0.3, 0.4) is 0 Å². The summed E-state index contributed by atoms with van der Waals surface area (Å²) in [5.74, 6) is -0.0960. The second-order valence-electron chi connectivity index (χ2n) is 4.00. The summed E-state index contributed by atoms with van der Waals surface area (Å²) in [5.41, 5.74) is 9.27. The Morgan fingerprint density at radius 1 is 1.44 bits per heavy atom. The van der Waals surface area contributed by atoms with Gasteiger partial charge in [0, 0.05) is 22.3 Å². The summed E-state index contributed by atoms with van der Waals surface area (Å²) in [4.78, 5) is 11.9. The summed E-state index contributed by atoms with van der Waals surface area (Å²) in [6, 6.07) is 5.16. The molecule has 1 aromatic heterocycles. The highest BCUT2D eigenvalue weighted by Gasteiger charge is 2.08. The van der Waals surface area contributed by atoms with E-state index >= 15 is 0 Å². The van der Waals surface area contributed by atoms with Crippen LogP contribution in [-0.2, 0) is 6.54 Å². The van der Waals surface area contributed by atoms with Crippen molar-refractivity contribution < 1.29 is 4.79 Å². The van der Waals surface area contributed by atoms with Crippen molar-refractivity contribution in [3.05, 3.63) is 50.1 Å². The first-order valence-corrected chi connectivity index (χ1v) is 7.16. The maximum Gasteiger partial charge on any atom is 0.251 e. The number of benzene rings is 1. The zero-order valence-electron chi connectivity index (χ0n) is 9.87. The molecule has 0 radical (unpaired) electrons. The molecule has 3 nitrogen and oxygen atoms in total. The lowest BCUT2D eigenvalue weighted by Gasteiger charge is -2.06. The number of amides is 1. The van der Waals surface area contributed by atoms with Gasteiger partial charge in [-0.05, 0) is 62.9 Å². The number of nitrogens with one attached hydrogen (secondary N) is 1. The van der Waals surface area contributed by atoms with Crippen LogP contribution >= 0.6 is 27.3 Å². The summed E-state index contributed by atoms with van der Waals surface area (Å²) in [6.45, 7) is 2.59. The SMILES string of the molecule is Cc1cscc1CNC(=O)c1ccc(N)c(Br)c1. The summed E-state index contributed by atoms with van der Waals surface area (Å²) in [7, 11) is 0. The molecule has 0 bridgehead atoms. The highest BCUT2D eigenvalue weighted by atomic mass is 79.9. The maximum absolute atomic E-state index is 11.9. The van der Waals surface area contributed by atoms with Crippen molar-refractivity contribution >= 4 is 38.9 Å². The van der Waals surface area contributed by atoms with E-state index in [4.69, 9.17) is 5.73 Å². The third kappa shape index (κ3) is 2.91. The Morgan fingerprint density at radius 2 is 2.22 bits per heavy atom. The Morgan fingerprint density at radius 3 is 2.83 bits per heavy atom. The average Bonchev–Trinajstić information content (AvgIpc) is 2.75. The van der Waals surface area contributed by atoms with Crippen LogP contribution in [0.15, 0.2) is 33.4 Å². The lowest BCUT2D eigenvalue weighted by atomic mass is 10.2. The van der Waals surface area contributed by atoms with E-state index in [-0.39, 0.29) is 5.91 Å². The lowest BCUT2D eigenvalue weighted by molar-refractivity contribution is 0.0951. The van der Waals surface area contributed by atoms with E-state index in [1.54, 1.807) is 29.5 Å². The number of carbonyl (C=O) groups excluding carboxylic acids is 1. The summed E-state index contributed by atoms with van der Waals surface area (Å²) in [6.07, 6.45) is 0. The standard InChI is InChI=1S/C13H13BrN2OS/c1-8-6-18-7-10(8)5-16-13(17)9-2-3-12(15)11(14)4-9/h2-4,6-7H,5,15H2,1H3,(H,16,17). The second kappa shape index (κ2) is 5.54. The van der Waals surface area contributed by atoms with Gasteiger partial charge in [0.15, 0.2) is 0 Å². The van der Waals surface area contributed by atoms with E-state index in [0.717, 1.165) is 10.0 Å². The normalized spacial score (nSPS) is 10.3. The fourth-order valence-corrected chi connectivity index (χ4v) is 2.75. The monoisotopic (exact) mass is 324 g/mol. The van der Waals surface area contributed by atoms with Gasteiger partial charge in [-0.2, -0.15) is 11.3 Å². The Bertz CT molecular complexity index is 580. The van der Waals surface area contributed by atoms with Gasteiger partial charge in [0.2, 0.25) is 0 Å². The Hall–Kier alpha value is -1.33. The number of hydrogen-bond donors (Lipinski definition) is 2. The van der Waals surface area contributed by atoms with Crippen molar-refractivity contribution in [1.82, 2.24) is 5.32 Å². The van der Waals surface area contributed by atoms with E-state index in [1.807, 2.05) is 6.92 Å². The van der Waals surface area contributed by atoms with Crippen LogP contribution in [0.5, 0.6) is 0 Å². The molecule has 0 spiro atoms. The number of rotatable bonds is 3. The molecule has 0 fully saturated rings. The third-order valence-corrected chi connectivity index (χ3v) is 4.26. The number of aryl methyl sites for hydroxylation is 1. The summed E-state index contributed by atoms with van der Waals surface area (Å²) >= 11 is 4.96. The van der Waals surface area contributed by atoms with Crippen molar-refractivity contribution in [3.8, 4) is 0 Å². The van der Waals surface area contributed by atoms with Gasteiger partial charge in [0.1, 0.15) is 0 Å². The largest absolute Gasteiger partial charge is 0.398 e. The number of hydrogen-bond acceptors (Lipinski definition) is 3. The number of thiophene rings is 1. The Labute approximate surface area is 118 Å². The van der Waals surface area contributed by atoms with Crippen LogP contribution in [0.1, 0.15) is 21.5 Å². The Balaban J connectivity index is 2.04. The lowest BCUT2D eigenvalue weighted by Crippen LogP contribution is -2.22. The van der Waals surface area contributed by atoms with Crippen molar-refractivity contribution in [2.45, 2.75) is 13.5 Å². The van der Waals surface area contributed by atoms with E-state index in [0.29, 0.717) is 17.8 Å². The fraction of sp³-hybridized carbons (Fsp3) is 0.154. The molecule has 0 saturated heterocycles. The van der Waals surface area contributed by atoms with Gasteiger partial charge in [-0.3, -0.25) is 4.79 Å². The predicted octanol–water partition coefficient (Wildman–Crippen LogP) is 3.33. The van der Waals surface area contributed by atoms with Crippen molar-refractivity contribution in [1.29, 1.82) is 0 Å². The molecule has 18 heavy (non-hydrogen) atoms. The van der Waals surface area contributed by atoms with Gasteiger partial charge in [-0.15, -0.1) is 0 Å². The molecule has 1 aromatic carbocycles. The number of nitrogen functional groups attached to an aromatic ring is 1. The molecule has 5 heteroatoms. The minimum Gasteiger partial charge on any atom is -0.398 e. The summed E-state index contributed by atoms with van der Waals surface area (Å²) in [5, 5.41) is 7.02. The minimum absolute atomic E-state index is 0.0960. The molecule has 3 N–H and O–H groups in total. The van der Waals surface area contributed by atoms with Crippen LogP contribution in [0.2, 0.25) is 0 Å². The fourth-order valence-electron chi connectivity index (χ4n) is 1.51. The summed E-state index contributed by atoms with van der Waals surface area (Å²) < 4.78 is 0.738. The molecular weight excluding hydrogens is 312 g/mol. The van der Waals surface area contributed by atoms with E-state index in [1.165, 1.54) is 5.56 Å². The molecule has 2 rings (SSSR count). The van der Waals surface area contributed by atoms with Crippen LogP contribution in [0.25, 0.3) is 0 Å². The van der Waals surface area contributed by atoms with Crippen molar-refractivity contribution in [3.63, 3.8) is 0 Å². The third-order valence-electron chi connectivity index (χ3n) is 2.66. The first-order chi connectivity index (χ1) is 8.58. The maximum atomic E-state index is 11.9. The molecule has 1 heterocycles. The Kier molecular flexibility index (Phi) is 4.04. The molecule has 94 valence electrons. The van der Waals surface area contributed by atoms with Gasteiger partial charge in [0.05, 0.1) is 0 Å². The van der Waals surface area contributed by atoms with Crippen LogP contribution in [-0.4, -0.2) is 5.91 Å². The first kappa shape index (κ1) is 13.1. The number of anilines is 1. The van der Waals surface area contributed by atoms with Crippen molar-refractivity contribution in [2.24, 2.45) is 0 Å². The first-order valence-electron chi connectivity index (χ1n) is 5.43. The number of halogens is 1. The molecule has 0 aliphatic carbocycles. The number of nitrogens with two attached hydrogens (primary N) is 1. The van der Waals surface area contributed by atoms with Crippen LogP contribution in [0, 0.1) is 6.92 Å². The quantitative estimate of drug-likeness (QED) is 0.851.